The molecule has 0 fully saturated rings. The lowest BCUT2D eigenvalue weighted by atomic mass is 9.84. The Balaban J connectivity index is 1.52. The first-order valence-corrected chi connectivity index (χ1v) is 14.2. The lowest BCUT2D eigenvalue weighted by Gasteiger charge is -2.32. The third kappa shape index (κ3) is 5.91. The van der Waals surface area contributed by atoms with E-state index in [1.54, 1.807) is 16.8 Å². The van der Waals surface area contributed by atoms with Crippen molar-refractivity contribution in [2.24, 2.45) is 7.05 Å². The fraction of sp³-hybridized carbons (Fsp3) is 0.438. The molecule has 1 aliphatic rings. The van der Waals surface area contributed by atoms with Gasteiger partial charge in [-0.1, -0.05) is 36.4 Å². The lowest BCUT2D eigenvalue weighted by Crippen LogP contribution is -2.42. The van der Waals surface area contributed by atoms with Crippen LogP contribution in [0.2, 0.25) is 0 Å². The highest BCUT2D eigenvalue weighted by molar-refractivity contribution is 5.80. The summed E-state index contributed by atoms with van der Waals surface area (Å²) in [6.07, 6.45) is 1.06. The fourth-order valence-corrected chi connectivity index (χ4v) is 5.76. The summed E-state index contributed by atoms with van der Waals surface area (Å²) in [5.41, 5.74) is 7.54. The predicted molar refractivity (Wildman–Crippen MR) is 157 cm³/mol. The molecule has 216 valence electrons. The minimum atomic E-state index is -0.398. The Bertz CT molecular complexity index is 1580. The van der Waals surface area contributed by atoms with E-state index in [0.29, 0.717) is 32.0 Å². The van der Waals surface area contributed by atoms with Gasteiger partial charge in [-0.25, -0.2) is 9.67 Å². The van der Waals surface area contributed by atoms with Gasteiger partial charge in [-0.15, -0.1) is 5.10 Å². The normalized spacial score (nSPS) is 18.0. The number of benzene rings is 2. The Hall–Kier alpha value is -3.98. The van der Waals surface area contributed by atoms with Gasteiger partial charge in [-0.05, 0) is 74.1 Å². The standard InChI is InChI=1S/C32H39N5O4/c1-7-32(5)19-37(18-26-28(41-32)13-14-29(38)33-26)17-23-15-22(10-9-20(23)3)25(16-30(39)40-8-2)24-11-12-27-31(21(24)4)34-35-36(27)6/h9-15,25H,7-8,16-19H2,1-6H3,(H,33,38)/t25-,32+/m1/s1. The number of aromatic hydroxyl groups is 1. The first-order chi connectivity index (χ1) is 19.6. The highest BCUT2D eigenvalue weighted by Gasteiger charge is 2.33. The van der Waals surface area contributed by atoms with Crippen molar-refractivity contribution in [1.82, 2.24) is 24.9 Å². The quantitative estimate of drug-likeness (QED) is 0.290. The molecule has 0 radical (unpaired) electrons. The van der Waals surface area contributed by atoms with Crippen LogP contribution in [-0.2, 0) is 29.7 Å². The summed E-state index contributed by atoms with van der Waals surface area (Å²) < 4.78 is 13.6. The van der Waals surface area contributed by atoms with Crippen LogP contribution in [0.3, 0.4) is 0 Å². The molecular weight excluding hydrogens is 518 g/mol. The number of hydrogen-bond acceptors (Lipinski definition) is 8. The molecule has 0 amide bonds. The van der Waals surface area contributed by atoms with Crippen LogP contribution >= 0.6 is 0 Å². The number of rotatable bonds is 8. The highest BCUT2D eigenvalue weighted by atomic mass is 16.5. The van der Waals surface area contributed by atoms with E-state index in [-0.39, 0.29) is 24.2 Å². The van der Waals surface area contributed by atoms with Gasteiger partial charge in [0.2, 0.25) is 5.88 Å². The van der Waals surface area contributed by atoms with Crippen LogP contribution in [0, 0.1) is 13.8 Å². The number of hydrogen-bond donors (Lipinski definition) is 1. The smallest absolute Gasteiger partial charge is 0.306 e. The van der Waals surface area contributed by atoms with E-state index in [1.165, 1.54) is 0 Å². The summed E-state index contributed by atoms with van der Waals surface area (Å²) in [6, 6.07) is 13.9. The second-order valence-electron chi connectivity index (χ2n) is 11.3. The monoisotopic (exact) mass is 557 g/mol. The van der Waals surface area contributed by atoms with Crippen molar-refractivity contribution in [2.75, 3.05) is 13.2 Å². The van der Waals surface area contributed by atoms with Crippen LogP contribution in [0.25, 0.3) is 11.0 Å². The van der Waals surface area contributed by atoms with E-state index in [4.69, 9.17) is 9.47 Å². The van der Waals surface area contributed by atoms with Crippen molar-refractivity contribution in [3.8, 4) is 11.6 Å². The zero-order chi connectivity index (χ0) is 29.3. The molecule has 3 heterocycles. The van der Waals surface area contributed by atoms with E-state index in [0.717, 1.165) is 51.0 Å². The molecule has 9 heteroatoms. The summed E-state index contributed by atoms with van der Waals surface area (Å²) in [6.45, 7) is 12.5. The van der Waals surface area contributed by atoms with E-state index in [1.807, 2.05) is 27.0 Å². The van der Waals surface area contributed by atoms with Crippen molar-refractivity contribution < 1.29 is 19.4 Å². The molecule has 2 aromatic carbocycles. The minimum absolute atomic E-state index is 0.0113. The Kier molecular flexibility index (Phi) is 8.00. The molecule has 9 nitrogen and oxygen atoms in total. The van der Waals surface area contributed by atoms with Gasteiger partial charge in [0.1, 0.15) is 22.6 Å². The van der Waals surface area contributed by atoms with Gasteiger partial charge in [0, 0.05) is 38.7 Å². The molecule has 2 aromatic heterocycles. The molecule has 4 aromatic rings. The van der Waals surface area contributed by atoms with Crippen LogP contribution in [0.5, 0.6) is 11.6 Å². The van der Waals surface area contributed by atoms with Gasteiger partial charge in [0.15, 0.2) is 0 Å². The topological polar surface area (TPSA) is 103 Å². The number of esters is 1. The van der Waals surface area contributed by atoms with E-state index in [2.05, 4.69) is 65.2 Å². The maximum absolute atomic E-state index is 12.8. The Morgan fingerprint density at radius 2 is 1.98 bits per heavy atom. The zero-order valence-corrected chi connectivity index (χ0v) is 24.8. The van der Waals surface area contributed by atoms with Crippen LogP contribution in [0.15, 0.2) is 42.5 Å². The molecule has 0 saturated carbocycles. The fourth-order valence-electron chi connectivity index (χ4n) is 5.76. The molecule has 1 aliphatic heterocycles. The molecule has 0 aliphatic carbocycles. The molecule has 41 heavy (non-hydrogen) atoms. The second kappa shape index (κ2) is 11.5. The van der Waals surface area contributed by atoms with Gasteiger partial charge < -0.3 is 14.6 Å². The van der Waals surface area contributed by atoms with Gasteiger partial charge in [0.05, 0.1) is 18.5 Å². The molecule has 1 N–H and O–H groups in total. The number of carbonyl (C=O) groups is 1. The summed E-state index contributed by atoms with van der Waals surface area (Å²) in [4.78, 5) is 19.5. The van der Waals surface area contributed by atoms with E-state index < -0.39 is 5.60 Å². The summed E-state index contributed by atoms with van der Waals surface area (Å²) in [7, 11) is 1.88. The minimum Gasteiger partial charge on any atom is -0.493 e. The maximum atomic E-state index is 12.8. The van der Waals surface area contributed by atoms with E-state index >= 15 is 0 Å². The predicted octanol–water partition coefficient (Wildman–Crippen LogP) is 5.33. The van der Waals surface area contributed by atoms with Gasteiger partial charge in [0.25, 0.3) is 0 Å². The lowest BCUT2D eigenvalue weighted by molar-refractivity contribution is -0.143. The molecule has 2 atom stereocenters. The first-order valence-electron chi connectivity index (χ1n) is 14.2. The molecule has 5 rings (SSSR count). The van der Waals surface area contributed by atoms with Crippen molar-refractivity contribution in [3.63, 3.8) is 0 Å². The average Bonchev–Trinajstić information content (AvgIpc) is 3.25. The molecule has 0 bridgehead atoms. The Labute approximate surface area is 241 Å². The Morgan fingerprint density at radius 3 is 2.73 bits per heavy atom. The first kappa shape index (κ1) is 28.5. The molecule has 0 spiro atoms. The van der Waals surface area contributed by atoms with Gasteiger partial charge in [-0.2, -0.15) is 0 Å². The van der Waals surface area contributed by atoms with Crippen molar-refractivity contribution in [1.29, 1.82) is 0 Å². The van der Waals surface area contributed by atoms with Gasteiger partial charge >= 0.3 is 5.97 Å². The Morgan fingerprint density at radius 1 is 1.17 bits per heavy atom. The van der Waals surface area contributed by atoms with Crippen molar-refractivity contribution in [3.05, 3.63) is 76.0 Å². The van der Waals surface area contributed by atoms with Crippen molar-refractivity contribution >= 4 is 17.0 Å². The SMILES string of the molecule is CCOC(=O)C[C@H](c1ccc(C)c(CN2Cc3nc(O)ccc3O[C@@](C)(CC)C2)c1)c1ccc2c(nnn2C)c1C. The van der Waals surface area contributed by atoms with Crippen LogP contribution < -0.4 is 4.74 Å². The third-order valence-corrected chi connectivity index (χ3v) is 8.25. The van der Waals surface area contributed by atoms with Crippen molar-refractivity contribution in [2.45, 2.75) is 72.1 Å². The summed E-state index contributed by atoms with van der Waals surface area (Å²) in [5, 5.41) is 18.6. The number of pyridine rings is 1. The number of nitrogens with zero attached hydrogens (tertiary/aromatic N) is 5. The number of ether oxygens (including phenoxy) is 2. The number of carbonyl (C=O) groups excluding carboxylic acids is 1. The number of aryl methyl sites for hydroxylation is 3. The zero-order valence-electron chi connectivity index (χ0n) is 24.8. The van der Waals surface area contributed by atoms with E-state index in [9.17, 15) is 9.90 Å². The summed E-state index contributed by atoms with van der Waals surface area (Å²) in [5.74, 6) is 0.268. The molecule has 0 unspecified atom stereocenters. The molecular formula is C32H39N5O4. The maximum Gasteiger partial charge on any atom is 0.306 e. The molecule has 0 saturated heterocycles. The van der Waals surface area contributed by atoms with Gasteiger partial charge in [-0.3, -0.25) is 9.69 Å². The summed E-state index contributed by atoms with van der Waals surface area (Å²) >= 11 is 0. The van der Waals surface area contributed by atoms with Crippen LogP contribution in [-0.4, -0.2) is 54.7 Å². The average molecular weight is 558 g/mol. The largest absolute Gasteiger partial charge is 0.493 e. The highest BCUT2D eigenvalue weighted by Crippen LogP contribution is 2.36. The van der Waals surface area contributed by atoms with Crippen LogP contribution in [0.4, 0.5) is 0 Å². The van der Waals surface area contributed by atoms with Crippen LogP contribution in [0.1, 0.15) is 73.0 Å². The third-order valence-electron chi connectivity index (χ3n) is 8.25. The number of aromatic nitrogens is 4. The number of fused-ring (bicyclic) bond motifs is 2. The second-order valence-corrected chi connectivity index (χ2v) is 11.3.